The van der Waals surface area contributed by atoms with Crippen molar-refractivity contribution in [3.63, 3.8) is 0 Å². The Kier molecular flexibility index (Phi) is 3.17. The van der Waals surface area contributed by atoms with Crippen LogP contribution in [0.15, 0.2) is 17.3 Å². The maximum Gasteiger partial charge on any atom is 0.268 e. The number of hydrogen-bond donors (Lipinski definition) is 0. The first-order chi connectivity index (χ1) is 6.77. The molecule has 5 heteroatoms. The van der Waals surface area contributed by atoms with E-state index in [4.69, 9.17) is 4.74 Å². The Balaban J connectivity index is 1.94. The molecule has 0 radical (unpaired) electrons. The first-order valence-corrected chi connectivity index (χ1v) is 5.63. The molecule has 2 rings (SSSR count). The summed E-state index contributed by atoms with van der Waals surface area (Å²) < 4.78 is 7.51. The third-order valence-electron chi connectivity index (χ3n) is 2.14. The molecule has 1 aromatic rings. The van der Waals surface area contributed by atoms with Gasteiger partial charge in [-0.2, -0.15) is 0 Å². The summed E-state index contributed by atoms with van der Waals surface area (Å²) in [5.74, 6) is 0.724. The number of nitrogens with zero attached hydrogens (tertiary/aromatic N) is 2. The van der Waals surface area contributed by atoms with Crippen LogP contribution in [0.4, 0.5) is 0 Å². The Bertz CT molecular complexity index is 373. The molecular formula is C9H11IN2O2. The van der Waals surface area contributed by atoms with E-state index >= 15 is 0 Å². The van der Waals surface area contributed by atoms with E-state index in [1.165, 1.54) is 23.7 Å². The third kappa shape index (κ3) is 2.54. The fraction of sp³-hybridized carbons (Fsp3) is 0.556. The summed E-state index contributed by atoms with van der Waals surface area (Å²) >= 11 is 1.98. The molecule has 1 fully saturated rings. The smallest absolute Gasteiger partial charge is 0.268 e. The predicted octanol–water partition coefficient (Wildman–Crippen LogP) is 1.23. The van der Waals surface area contributed by atoms with E-state index in [0.29, 0.717) is 10.3 Å². The van der Waals surface area contributed by atoms with Gasteiger partial charge in [-0.05, 0) is 41.4 Å². The maximum atomic E-state index is 11.5. The van der Waals surface area contributed by atoms with Crippen molar-refractivity contribution in [2.24, 2.45) is 5.92 Å². The Morgan fingerprint density at radius 1 is 1.64 bits per heavy atom. The SMILES string of the molecule is O=c1c(I)cncn1COCC1CC1. The molecule has 76 valence electrons. The van der Waals surface area contributed by atoms with Crippen LogP contribution < -0.4 is 5.56 Å². The van der Waals surface area contributed by atoms with E-state index in [0.717, 1.165) is 12.5 Å². The van der Waals surface area contributed by atoms with E-state index in [1.54, 1.807) is 6.20 Å². The highest BCUT2D eigenvalue weighted by atomic mass is 127. The van der Waals surface area contributed by atoms with E-state index < -0.39 is 0 Å². The monoisotopic (exact) mass is 306 g/mol. The number of hydrogen-bond acceptors (Lipinski definition) is 3. The van der Waals surface area contributed by atoms with Crippen LogP contribution in [0.2, 0.25) is 0 Å². The molecule has 1 aliphatic rings. The van der Waals surface area contributed by atoms with E-state index in [2.05, 4.69) is 4.98 Å². The van der Waals surface area contributed by atoms with Gasteiger partial charge >= 0.3 is 0 Å². The van der Waals surface area contributed by atoms with E-state index in [9.17, 15) is 4.79 Å². The molecule has 0 bridgehead atoms. The minimum absolute atomic E-state index is 0.0311. The van der Waals surface area contributed by atoms with Gasteiger partial charge in [0.15, 0.2) is 0 Å². The number of halogens is 1. The topological polar surface area (TPSA) is 44.1 Å². The first kappa shape index (κ1) is 10.1. The Hall–Kier alpha value is -0.430. The van der Waals surface area contributed by atoms with Crippen molar-refractivity contribution < 1.29 is 4.74 Å². The molecule has 0 atom stereocenters. The van der Waals surface area contributed by atoms with Gasteiger partial charge in [0.1, 0.15) is 6.73 Å². The van der Waals surface area contributed by atoms with Gasteiger partial charge in [-0.15, -0.1) is 0 Å². The highest BCUT2D eigenvalue weighted by Crippen LogP contribution is 2.28. The Labute approximate surface area is 95.4 Å². The molecular weight excluding hydrogens is 295 g/mol. The van der Waals surface area contributed by atoms with Crippen LogP contribution in [0.3, 0.4) is 0 Å². The quantitative estimate of drug-likeness (QED) is 0.786. The van der Waals surface area contributed by atoms with Gasteiger partial charge in [-0.25, -0.2) is 4.98 Å². The second-order valence-electron chi connectivity index (χ2n) is 3.46. The van der Waals surface area contributed by atoms with Crippen LogP contribution in [-0.2, 0) is 11.5 Å². The maximum absolute atomic E-state index is 11.5. The van der Waals surface area contributed by atoms with Crippen LogP contribution in [0.25, 0.3) is 0 Å². The molecule has 4 nitrogen and oxygen atoms in total. The van der Waals surface area contributed by atoms with Crippen molar-refractivity contribution in [2.75, 3.05) is 6.61 Å². The zero-order valence-electron chi connectivity index (χ0n) is 7.65. The molecule has 1 aromatic heterocycles. The second kappa shape index (κ2) is 4.39. The lowest BCUT2D eigenvalue weighted by atomic mass is 10.5. The third-order valence-corrected chi connectivity index (χ3v) is 2.88. The minimum atomic E-state index is -0.0311. The molecule has 0 unspecified atom stereocenters. The van der Waals surface area contributed by atoms with Gasteiger partial charge in [0, 0.05) is 6.20 Å². The molecule has 1 saturated carbocycles. The molecule has 1 aliphatic carbocycles. The summed E-state index contributed by atoms with van der Waals surface area (Å²) in [7, 11) is 0. The van der Waals surface area contributed by atoms with Gasteiger partial charge in [0.05, 0.1) is 16.5 Å². The summed E-state index contributed by atoms with van der Waals surface area (Å²) in [6.07, 6.45) is 5.59. The lowest BCUT2D eigenvalue weighted by Gasteiger charge is -2.05. The fourth-order valence-electron chi connectivity index (χ4n) is 1.12. The molecule has 0 N–H and O–H groups in total. The van der Waals surface area contributed by atoms with Gasteiger partial charge < -0.3 is 4.74 Å². The standard InChI is InChI=1S/C9H11IN2O2/c10-8-3-11-5-12(9(8)13)6-14-4-7-1-2-7/h3,5,7H,1-2,4,6H2. The largest absolute Gasteiger partial charge is 0.360 e. The molecule has 1 heterocycles. The molecule has 0 aliphatic heterocycles. The van der Waals surface area contributed by atoms with Crippen molar-refractivity contribution >= 4 is 22.6 Å². The highest BCUT2D eigenvalue weighted by Gasteiger charge is 2.21. The summed E-state index contributed by atoms with van der Waals surface area (Å²) in [6.45, 7) is 1.08. The highest BCUT2D eigenvalue weighted by molar-refractivity contribution is 14.1. The molecule has 14 heavy (non-hydrogen) atoms. The summed E-state index contributed by atoms with van der Waals surface area (Å²) in [4.78, 5) is 15.4. The molecule has 0 saturated heterocycles. The summed E-state index contributed by atoms with van der Waals surface area (Å²) in [5.41, 5.74) is -0.0311. The Morgan fingerprint density at radius 2 is 2.43 bits per heavy atom. The number of aromatic nitrogens is 2. The molecule has 0 aromatic carbocycles. The lowest BCUT2D eigenvalue weighted by Crippen LogP contribution is -2.23. The van der Waals surface area contributed by atoms with Crippen molar-refractivity contribution in [2.45, 2.75) is 19.6 Å². The number of ether oxygens (including phenoxy) is 1. The zero-order valence-corrected chi connectivity index (χ0v) is 9.81. The van der Waals surface area contributed by atoms with Crippen molar-refractivity contribution in [3.8, 4) is 0 Å². The van der Waals surface area contributed by atoms with Crippen LogP contribution in [0.1, 0.15) is 12.8 Å². The average molecular weight is 306 g/mol. The lowest BCUT2D eigenvalue weighted by molar-refractivity contribution is 0.0659. The van der Waals surface area contributed by atoms with Crippen LogP contribution in [0.5, 0.6) is 0 Å². The van der Waals surface area contributed by atoms with Gasteiger partial charge in [-0.3, -0.25) is 9.36 Å². The fourth-order valence-corrected chi connectivity index (χ4v) is 1.59. The van der Waals surface area contributed by atoms with Gasteiger partial charge in [-0.1, -0.05) is 0 Å². The number of rotatable bonds is 4. The normalized spacial score (nSPS) is 15.8. The van der Waals surface area contributed by atoms with Crippen molar-refractivity contribution in [3.05, 3.63) is 26.4 Å². The van der Waals surface area contributed by atoms with E-state index in [1.807, 2.05) is 22.6 Å². The van der Waals surface area contributed by atoms with Gasteiger partial charge in [0.25, 0.3) is 5.56 Å². The second-order valence-corrected chi connectivity index (χ2v) is 4.62. The van der Waals surface area contributed by atoms with Crippen molar-refractivity contribution in [1.82, 2.24) is 9.55 Å². The minimum Gasteiger partial charge on any atom is -0.360 e. The van der Waals surface area contributed by atoms with Crippen LogP contribution in [0, 0.1) is 9.49 Å². The summed E-state index contributed by atoms with van der Waals surface area (Å²) in [5, 5.41) is 0. The average Bonchev–Trinajstić information content (AvgIpc) is 2.96. The van der Waals surface area contributed by atoms with Crippen LogP contribution in [-0.4, -0.2) is 16.2 Å². The van der Waals surface area contributed by atoms with Crippen LogP contribution >= 0.6 is 22.6 Å². The van der Waals surface area contributed by atoms with Crippen molar-refractivity contribution in [1.29, 1.82) is 0 Å². The predicted molar refractivity (Wildman–Crippen MR) is 59.9 cm³/mol. The summed E-state index contributed by atoms with van der Waals surface area (Å²) in [6, 6.07) is 0. The van der Waals surface area contributed by atoms with E-state index in [-0.39, 0.29) is 5.56 Å². The first-order valence-electron chi connectivity index (χ1n) is 4.55. The van der Waals surface area contributed by atoms with Gasteiger partial charge in [0.2, 0.25) is 0 Å². The Morgan fingerprint density at radius 3 is 3.14 bits per heavy atom. The molecule has 0 spiro atoms. The zero-order chi connectivity index (χ0) is 9.97. The molecule has 0 amide bonds.